The number of hydrogen-bond donors (Lipinski definition) is 2. The summed E-state index contributed by atoms with van der Waals surface area (Å²) in [5.41, 5.74) is 1.48. The van der Waals surface area contributed by atoms with E-state index < -0.39 is 0 Å². The van der Waals surface area contributed by atoms with Crippen molar-refractivity contribution in [1.29, 1.82) is 0 Å². The van der Waals surface area contributed by atoms with Gasteiger partial charge in [-0.3, -0.25) is 15.1 Å². The van der Waals surface area contributed by atoms with E-state index in [1.807, 2.05) is 13.0 Å². The standard InChI is InChI=1S/C16H22N6O/c1-3-11-4-9-18-13(10-11)15(23)20-16-19-14(21-22(16)2)12-5-7-17-8-6-12/h4,9-10,12,17H,3,5-8H2,1-2H3,(H,19,20,21,23). The second-order valence-corrected chi connectivity index (χ2v) is 5.80. The largest absolute Gasteiger partial charge is 0.317 e. The molecule has 0 spiro atoms. The summed E-state index contributed by atoms with van der Waals surface area (Å²) in [6.07, 6.45) is 4.58. The van der Waals surface area contributed by atoms with Crippen LogP contribution in [0.1, 0.15) is 47.6 Å². The molecule has 122 valence electrons. The Morgan fingerprint density at radius 3 is 2.96 bits per heavy atom. The van der Waals surface area contributed by atoms with Crippen LogP contribution in [0.15, 0.2) is 18.3 Å². The Hall–Kier alpha value is -2.28. The molecule has 1 fully saturated rings. The fourth-order valence-electron chi connectivity index (χ4n) is 2.75. The fraction of sp³-hybridized carbons (Fsp3) is 0.500. The van der Waals surface area contributed by atoms with Gasteiger partial charge in [-0.2, -0.15) is 10.1 Å². The summed E-state index contributed by atoms with van der Waals surface area (Å²) in [6, 6.07) is 3.72. The summed E-state index contributed by atoms with van der Waals surface area (Å²) < 4.78 is 1.62. The predicted molar refractivity (Wildman–Crippen MR) is 87.4 cm³/mol. The van der Waals surface area contributed by atoms with Gasteiger partial charge in [-0.05, 0) is 50.0 Å². The number of anilines is 1. The van der Waals surface area contributed by atoms with Crippen LogP contribution >= 0.6 is 0 Å². The van der Waals surface area contributed by atoms with Gasteiger partial charge in [-0.15, -0.1) is 0 Å². The monoisotopic (exact) mass is 314 g/mol. The topological polar surface area (TPSA) is 84.7 Å². The van der Waals surface area contributed by atoms with E-state index in [0.29, 0.717) is 17.6 Å². The van der Waals surface area contributed by atoms with Crippen molar-refractivity contribution in [2.45, 2.75) is 32.1 Å². The quantitative estimate of drug-likeness (QED) is 0.893. The molecule has 3 heterocycles. The smallest absolute Gasteiger partial charge is 0.276 e. The summed E-state index contributed by atoms with van der Waals surface area (Å²) >= 11 is 0. The highest BCUT2D eigenvalue weighted by atomic mass is 16.2. The summed E-state index contributed by atoms with van der Waals surface area (Å²) in [4.78, 5) is 21.0. The predicted octanol–water partition coefficient (Wildman–Crippen LogP) is 1.49. The van der Waals surface area contributed by atoms with E-state index in [9.17, 15) is 4.79 Å². The van der Waals surface area contributed by atoms with Crippen molar-refractivity contribution in [2.75, 3.05) is 18.4 Å². The minimum atomic E-state index is -0.257. The molecule has 23 heavy (non-hydrogen) atoms. The van der Waals surface area contributed by atoms with Gasteiger partial charge in [0, 0.05) is 19.2 Å². The number of hydrogen-bond acceptors (Lipinski definition) is 5. The number of rotatable bonds is 4. The number of aryl methyl sites for hydroxylation is 2. The molecule has 1 aliphatic heterocycles. The lowest BCUT2D eigenvalue weighted by Gasteiger charge is -2.19. The van der Waals surface area contributed by atoms with Crippen LogP contribution in [-0.4, -0.2) is 38.7 Å². The molecular formula is C16H22N6O. The molecule has 2 aromatic heterocycles. The first-order valence-corrected chi connectivity index (χ1v) is 8.05. The minimum absolute atomic E-state index is 0.257. The maximum Gasteiger partial charge on any atom is 0.276 e. The first kappa shape index (κ1) is 15.6. The number of carbonyl (C=O) groups is 1. The Balaban J connectivity index is 1.74. The fourth-order valence-corrected chi connectivity index (χ4v) is 2.75. The Bertz CT molecular complexity index is 690. The van der Waals surface area contributed by atoms with Crippen molar-refractivity contribution in [3.8, 4) is 0 Å². The summed E-state index contributed by atoms with van der Waals surface area (Å²) in [6.45, 7) is 4.02. The van der Waals surface area contributed by atoms with Gasteiger partial charge in [0.1, 0.15) is 5.69 Å². The van der Waals surface area contributed by atoms with Crippen molar-refractivity contribution >= 4 is 11.9 Å². The van der Waals surface area contributed by atoms with Crippen LogP contribution in [0.4, 0.5) is 5.95 Å². The zero-order valence-electron chi connectivity index (χ0n) is 13.5. The van der Waals surface area contributed by atoms with Gasteiger partial charge < -0.3 is 5.32 Å². The second kappa shape index (κ2) is 6.87. The SMILES string of the molecule is CCc1ccnc(C(=O)Nc2nc(C3CCNCC3)nn2C)c1. The molecule has 0 saturated carbocycles. The molecule has 0 unspecified atom stereocenters. The van der Waals surface area contributed by atoms with E-state index in [1.54, 1.807) is 24.0 Å². The van der Waals surface area contributed by atoms with Gasteiger partial charge in [0.25, 0.3) is 5.91 Å². The van der Waals surface area contributed by atoms with Crippen LogP contribution in [-0.2, 0) is 13.5 Å². The molecule has 3 rings (SSSR count). The molecule has 0 aliphatic carbocycles. The Labute approximate surface area is 135 Å². The number of pyridine rings is 1. The molecule has 0 aromatic carbocycles. The number of nitrogens with zero attached hydrogens (tertiary/aromatic N) is 4. The molecule has 2 aromatic rings. The molecule has 2 N–H and O–H groups in total. The third-order valence-electron chi connectivity index (χ3n) is 4.17. The van der Waals surface area contributed by atoms with Crippen LogP contribution in [0.5, 0.6) is 0 Å². The van der Waals surface area contributed by atoms with Gasteiger partial charge >= 0.3 is 0 Å². The number of carbonyl (C=O) groups excluding carboxylic acids is 1. The summed E-state index contributed by atoms with van der Waals surface area (Å²) in [5, 5.41) is 10.6. The van der Waals surface area contributed by atoms with E-state index in [2.05, 4.69) is 25.7 Å². The van der Waals surface area contributed by atoms with Crippen LogP contribution < -0.4 is 10.6 Å². The van der Waals surface area contributed by atoms with E-state index in [0.717, 1.165) is 43.7 Å². The molecule has 1 saturated heterocycles. The Morgan fingerprint density at radius 1 is 1.43 bits per heavy atom. The molecule has 1 aliphatic rings. The second-order valence-electron chi connectivity index (χ2n) is 5.80. The molecule has 7 heteroatoms. The summed E-state index contributed by atoms with van der Waals surface area (Å²) in [5.74, 6) is 1.37. The van der Waals surface area contributed by atoms with Gasteiger partial charge in [-0.1, -0.05) is 6.92 Å². The minimum Gasteiger partial charge on any atom is -0.317 e. The van der Waals surface area contributed by atoms with E-state index in [-0.39, 0.29) is 5.91 Å². The van der Waals surface area contributed by atoms with E-state index >= 15 is 0 Å². The van der Waals surface area contributed by atoms with Gasteiger partial charge in [-0.25, -0.2) is 4.68 Å². The maximum absolute atomic E-state index is 12.4. The first-order valence-electron chi connectivity index (χ1n) is 8.05. The lowest BCUT2D eigenvalue weighted by atomic mass is 9.98. The average Bonchev–Trinajstić information content (AvgIpc) is 2.96. The van der Waals surface area contributed by atoms with Crippen LogP contribution in [0, 0.1) is 0 Å². The number of aromatic nitrogens is 4. The molecular weight excluding hydrogens is 292 g/mol. The van der Waals surface area contributed by atoms with Crippen molar-refractivity contribution < 1.29 is 4.79 Å². The van der Waals surface area contributed by atoms with Crippen molar-refractivity contribution in [3.63, 3.8) is 0 Å². The van der Waals surface area contributed by atoms with Crippen molar-refractivity contribution in [3.05, 3.63) is 35.4 Å². The van der Waals surface area contributed by atoms with Gasteiger partial charge in [0.05, 0.1) is 0 Å². The van der Waals surface area contributed by atoms with Crippen LogP contribution in [0.3, 0.4) is 0 Å². The highest BCUT2D eigenvalue weighted by Crippen LogP contribution is 2.23. The Morgan fingerprint density at radius 2 is 2.22 bits per heavy atom. The van der Waals surface area contributed by atoms with Crippen LogP contribution in [0.25, 0.3) is 0 Å². The Kier molecular flexibility index (Phi) is 4.66. The van der Waals surface area contributed by atoms with Crippen molar-refractivity contribution in [2.24, 2.45) is 7.05 Å². The number of amides is 1. The summed E-state index contributed by atoms with van der Waals surface area (Å²) in [7, 11) is 1.79. The molecule has 1 amide bonds. The highest BCUT2D eigenvalue weighted by Gasteiger charge is 2.21. The van der Waals surface area contributed by atoms with E-state index in [1.165, 1.54) is 0 Å². The lowest BCUT2D eigenvalue weighted by molar-refractivity contribution is 0.102. The maximum atomic E-state index is 12.4. The van der Waals surface area contributed by atoms with Gasteiger partial charge in [0.15, 0.2) is 5.82 Å². The van der Waals surface area contributed by atoms with Gasteiger partial charge in [0.2, 0.25) is 5.95 Å². The lowest BCUT2D eigenvalue weighted by Crippen LogP contribution is -2.27. The zero-order chi connectivity index (χ0) is 16.2. The highest BCUT2D eigenvalue weighted by molar-refractivity contribution is 6.01. The average molecular weight is 314 g/mol. The molecule has 0 bridgehead atoms. The van der Waals surface area contributed by atoms with E-state index in [4.69, 9.17) is 0 Å². The normalized spacial score (nSPS) is 15.6. The third kappa shape index (κ3) is 3.56. The first-order chi connectivity index (χ1) is 11.2. The van der Waals surface area contributed by atoms with Crippen LogP contribution in [0.2, 0.25) is 0 Å². The number of nitrogens with one attached hydrogen (secondary N) is 2. The molecule has 7 nitrogen and oxygen atoms in total. The molecule has 0 radical (unpaired) electrons. The number of piperidine rings is 1. The third-order valence-corrected chi connectivity index (χ3v) is 4.17. The zero-order valence-corrected chi connectivity index (χ0v) is 13.5. The van der Waals surface area contributed by atoms with Crippen molar-refractivity contribution in [1.82, 2.24) is 25.1 Å². The molecule has 0 atom stereocenters.